The molecule has 1 aliphatic rings. The topological polar surface area (TPSA) is 108 Å². The number of ether oxygens (including phenoxy) is 4. The fourth-order valence-electron chi connectivity index (χ4n) is 2.70. The van der Waals surface area contributed by atoms with Gasteiger partial charge in [0.15, 0.2) is 12.4 Å². The molecule has 0 unspecified atom stereocenters. The van der Waals surface area contributed by atoms with Crippen LogP contribution in [0.2, 0.25) is 0 Å². The van der Waals surface area contributed by atoms with E-state index < -0.39 is 53.3 Å². The molecule has 2 rings (SSSR count). The molecule has 1 saturated heterocycles. The normalized spacial score (nSPS) is 24.2. The van der Waals surface area contributed by atoms with Crippen LogP contribution in [-0.2, 0) is 28.5 Å². The third kappa shape index (κ3) is 7.04. The van der Waals surface area contributed by atoms with E-state index in [2.05, 4.69) is 0 Å². The number of benzene rings is 1. The average Bonchev–Trinajstić information content (AvgIpc) is 2.67. The first kappa shape index (κ1) is 24.8. The van der Waals surface area contributed by atoms with Crippen LogP contribution in [-0.4, -0.2) is 54.2 Å². The van der Waals surface area contributed by atoms with E-state index in [1.54, 1.807) is 71.9 Å². The van der Waals surface area contributed by atoms with E-state index in [1.807, 2.05) is 0 Å². The molecule has 1 N–H and O–H groups in total. The van der Waals surface area contributed by atoms with E-state index in [1.165, 1.54) is 0 Å². The lowest BCUT2D eigenvalue weighted by atomic mass is 9.95. The predicted octanol–water partition coefficient (Wildman–Crippen LogP) is 2.87. The molecule has 1 fully saturated rings. The molecule has 0 aliphatic carbocycles. The predicted molar refractivity (Wildman–Crippen MR) is 111 cm³/mol. The number of esters is 3. The number of aliphatic hydroxyl groups is 1. The molecule has 31 heavy (non-hydrogen) atoms. The lowest BCUT2D eigenvalue weighted by Crippen LogP contribution is -2.54. The van der Waals surface area contributed by atoms with Crippen molar-refractivity contribution in [3.63, 3.8) is 0 Å². The zero-order valence-corrected chi connectivity index (χ0v) is 18.9. The fourth-order valence-corrected chi connectivity index (χ4v) is 2.70. The van der Waals surface area contributed by atoms with Gasteiger partial charge in [0.25, 0.3) is 0 Å². The van der Waals surface area contributed by atoms with Crippen LogP contribution in [0.1, 0.15) is 58.3 Å². The van der Waals surface area contributed by atoms with Gasteiger partial charge in [-0.2, -0.15) is 0 Å². The molecule has 1 aromatic carbocycles. The highest BCUT2D eigenvalue weighted by molar-refractivity contribution is 5.89. The van der Waals surface area contributed by atoms with Crippen LogP contribution >= 0.6 is 0 Å². The molecule has 1 heterocycles. The number of rotatable bonds is 5. The Balaban J connectivity index is 2.10. The molecular formula is C23H32O8. The molecular weight excluding hydrogens is 404 g/mol. The molecule has 8 nitrogen and oxygen atoms in total. The third-order valence-electron chi connectivity index (χ3n) is 4.61. The minimum absolute atomic E-state index is 0.0863. The van der Waals surface area contributed by atoms with Gasteiger partial charge in [0.05, 0.1) is 22.5 Å². The number of carbonyl (C=O) groups is 3. The number of carbonyl (C=O) groups excluding carboxylic acids is 3. The summed E-state index contributed by atoms with van der Waals surface area (Å²) in [5, 5.41) is 10.5. The van der Waals surface area contributed by atoms with E-state index in [0.29, 0.717) is 5.56 Å². The first-order valence-corrected chi connectivity index (χ1v) is 10.3. The van der Waals surface area contributed by atoms with Crippen molar-refractivity contribution < 1.29 is 38.4 Å². The second-order valence-corrected chi connectivity index (χ2v) is 9.66. The molecule has 0 spiro atoms. The van der Waals surface area contributed by atoms with Crippen LogP contribution in [0.25, 0.3) is 0 Å². The van der Waals surface area contributed by atoms with Gasteiger partial charge in [-0.05, 0) is 53.7 Å². The zero-order valence-electron chi connectivity index (χ0n) is 18.9. The fraction of sp³-hybridized carbons (Fsp3) is 0.609. The average molecular weight is 437 g/mol. The lowest BCUT2D eigenvalue weighted by molar-refractivity contribution is -0.267. The Morgan fingerprint density at radius 3 is 2.06 bits per heavy atom. The Morgan fingerprint density at radius 2 is 1.52 bits per heavy atom. The maximum atomic E-state index is 12.5. The van der Waals surface area contributed by atoms with E-state index in [4.69, 9.17) is 18.9 Å². The number of hydrogen-bond acceptors (Lipinski definition) is 8. The number of hydrogen-bond donors (Lipinski definition) is 1. The molecule has 0 aromatic heterocycles. The van der Waals surface area contributed by atoms with Gasteiger partial charge in [-0.1, -0.05) is 18.2 Å². The first-order chi connectivity index (χ1) is 14.3. The van der Waals surface area contributed by atoms with Crippen LogP contribution in [0.15, 0.2) is 30.3 Å². The Kier molecular flexibility index (Phi) is 7.83. The summed E-state index contributed by atoms with van der Waals surface area (Å²) in [6.07, 6.45) is -4.35. The Morgan fingerprint density at radius 1 is 0.968 bits per heavy atom. The molecule has 4 atom stereocenters. The van der Waals surface area contributed by atoms with Crippen molar-refractivity contribution in [2.75, 3.05) is 6.61 Å². The van der Waals surface area contributed by atoms with Crippen LogP contribution in [0.3, 0.4) is 0 Å². The SMILES string of the molecule is CC(C)(C)C(=O)O[C@H]1[C@@H](OC(=O)C(C)(C)C)C[C@@H](COC(=O)c2ccccc2)O[C@@H]1O. The summed E-state index contributed by atoms with van der Waals surface area (Å²) in [6, 6.07) is 8.45. The van der Waals surface area contributed by atoms with Gasteiger partial charge in [0.1, 0.15) is 12.7 Å². The molecule has 172 valence electrons. The van der Waals surface area contributed by atoms with Crippen molar-refractivity contribution in [1.29, 1.82) is 0 Å². The van der Waals surface area contributed by atoms with Gasteiger partial charge in [-0.3, -0.25) is 9.59 Å². The maximum absolute atomic E-state index is 12.5. The highest BCUT2D eigenvalue weighted by Crippen LogP contribution is 2.29. The van der Waals surface area contributed by atoms with Crippen molar-refractivity contribution in [3.8, 4) is 0 Å². The van der Waals surface area contributed by atoms with Gasteiger partial charge in [-0.15, -0.1) is 0 Å². The third-order valence-corrected chi connectivity index (χ3v) is 4.61. The molecule has 0 bridgehead atoms. The summed E-state index contributed by atoms with van der Waals surface area (Å²) in [5.41, 5.74) is -1.23. The molecule has 1 aromatic rings. The van der Waals surface area contributed by atoms with Crippen molar-refractivity contribution in [2.24, 2.45) is 10.8 Å². The highest BCUT2D eigenvalue weighted by Gasteiger charge is 2.45. The van der Waals surface area contributed by atoms with Crippen molar-refractivity contribution in [1.82, 2.24) is 0 Å². The first-order valence-electron chi connectivity index (χ1n) is 10.3. The van der Waals surface area contributed by atoms with Gasteiger partial charge in [0.2, 0.25) is 0 Å². The minimum Gasteiger partial charge on any atom is -0.459 e. The maximum Gasteiger partial charge on any atom is 0.338 e. The van der Waals surface area contributed by atoms with Gasteiger partial charge in [0, 0.05) is 6.42 Å². The van der Waals surface area contributed by atoms with Crippen molar-refractivity contribution >= 4 is 17.9 Å². The van der Waals surface area contributed by atoms with E-state index >= 15 is 0 Å². The quantitative estimate of drug-likeness (QED) is 0.554. The van der Waals surface area contributed by atoms with Crippen LogP contribution in [0, 0.1) is 10.8 Å². The van der Waals surface area contributed by atoms with Crippen LogP contribution in [0.5, 0.6) is 0 Å². The number of aliphatic hydroxyl groups excluding tert-OH is 1. The molecule has 0 saturated carbocycles. The molecule has 0 radical (unpaired) electrons. The van der Waals surface area contributed by atoms with E-state index in [-0.39, 0.29) is 13.0 Å². The Hall–Kier alpha value is -2.45. The zero-order chi connectivity index (χ0) is 23.4. The van der Waals surface area contributed by atoms with E-state index in [0.717, 1.165) is 0 Å². The van der Waals surface area contributed by atoms with E-state index in [9.17, 15) is 19.5 Å². The summed E-state index contributed by atoms with van der Waals surface area (Å²) >= 11 is 0. The van der Waals surface area contributed by atoms with Gasteiger partial charge >= 0.3 is 17.9 Å². The standard InChI is InChI=1S/C23H32O8/c1-22(2,3)20(26)30-16-12-15(13-28-18(24)14-10-8-7-9-11-14)29-19(25)17(16)31-21(27)23(4,5)6/h7-11,15-17,19,25H,12-13H2,1-6H3/t15-,16-,17-,19-/m0/s1. The monoisotopic (exact) mass is 436 g/mol. The van der Waals surface area contributed by atoms with Gasteiger partial charge in [-0.25, -0.2) is 4.79 Å². The summed E-state index contributed by atoms with van der Waals surface area (Å²) in [5.74, 6) is -1.61. The Labute approximate surface area is 182 Å². The summed E-state index contributed by atoms with van der Waals surface area (Å²) in [6.45, 7) is 9.95. The highest BCUT2D eigenvalue weighted by atomic mass is 16.7. The lowest BCUT2D eigenvalue weighted by Gasteiger charge is -2.39. The van der Waals surface area contributed by atoms with Crippen molar-refractivity contribution in [2.45, 2.75) is 72.6 Å². The smallest absolute Gasteiger partial charge is 0.338 e. The molecule has 8 heteroatoms. The summed E-state index contributed by atoms with van der Waals surface area (Å²) in [7, 11) is 0. The second kappa shape index (κ2) is 9.78. The van der Waals surface area contributed by atoms with Crippen molar-refractivity contribution in [3.05, 3.63) is 35.9 Å². The van der Waals surface area contributed by atoms with Crippen LogP contribution in [0.4, 0.5) is 0 Å². The summed E-state index contributed by atoms with van der Waals surface area (Å²) in [4.78, 5) is 37.0. The largest absolute Gasteiger partial charge is 0.459 e. The second-order valence-electron chi connectivity index (χ2n) is 9.66. The molecule has 0 amide bonds. The minimum atomic E-state index is -1.54. The Bertz CT molecular complexity index is 775. The van der Waals surface area contributed by atoms with Gasteiger partial charge < -0.3 is 24.1 Å². The summed E-state index contributed by atoms with van der Waals surface area (Å²) < 4.78 is 21.8. The van der Waals surface area contributed by atoms with Crippen LogP contribution < -0.4 is 0 Å². The molecule has 1 aliphatic heterocycles.